The molecule has 8 nitrogen and oxygen atoms in total. The van der Waals surface area contributed by atoms with Gasteiger partial charge in [0.05, 0.1) is 31.2 Å². The Kier molecular flexibility index (Phi) is 8.38. The molecule has 1 N–H and O–H groups in total. The highest BCUT2D eigenvalue weighted by Gasteiger charge is 2.47. The molecule has 1 fully saturated rings. The molecule has 3 aromatic rings. The van der Waals surface area contributed by atoms with Crippen molar-refractivity contribution in [3.05, 3.63) is 94.8 Å². The second kappa shape index (κ2) is 11.7. The largest absolute Gasteiger partial charge is 0.507 e. The van der Waals surface area contributed by atoms with Crippen LogP contribution < -0.4 is 9.64 Å². The Labute approximate surface area is 234 Å². The molecule has 2 aromatic carbocycles. The Morgan fingerprint density at radius 2 is 1.65 bits per heavy atom. The average Bonchev–Trinajstić information content (AvgIpc) is 3.19. The summed E-state index contributed by atoms with van der Waals surface area (Å²) in [5.41, 5.74) is 2.74. The first-order valence-electron chi connectivity index (χ1n) is 13.3. The molecule has 0 bridgehead atoms. The quantitative estimate of drug-likeness (QED) is 0.173. The van der Waals surface area contributed by atoms with Crippen molar-refractivity contribution in [3.8, 4) is 5.75 Å². The Bertz CT molecular complexity index is 1440. The van der Waals surface area contributed by atoms with Gasteiger partial charge in [-0.2, -0.15) is 0 Å². The summed E-state index contributed by atoms with van der Waals surface area (Å²) in [6.45, 7) is 10.5. The molecule has 4 rings (SSSR count). The molecule has 0 aliphatic carbocycles. The predicted octanol–water partition coefficient (Wildman–Crippen LogP) is 5.51. The van der Waals surface area contributed by atoms with Crippen molar-refractivity contribution in [1.29, 1.82) is 0 Å². The molecule has 208 valence electrons. The van der Waals surface area contributed by atoms with Gasteiger partial charge in [0.2, 0.25) is 0 Å². The van der Waals surface area contributed by atoms with E-state index in [1.807, 2.05) is 33.8 Å². The minimum atomic E-state index is -0.886. The number of hydrogen-bond donors (Lipinski definition) is 1. The van der Waals surface area contributed by atoms with Crippen molar-refractivity contribution < 1.29 is 29.0 Å². The number of nitrogens with zero attached hydrogens (tertiary/aromatic N) is 2. The molecule has 1 atom stereocenters. The van der Waals surface area contributed by atoms with E-state index in [1.54, 1.807) is 67.8 Å². The van der Waals surface area contributed by atoms with Gasteiger partial charge in [-0.15, -0.1) is 0 Å². The van der Waals surface area contributed by atoms with E-state index in [1.165, 1.54) is 4.90 Å². The summed E-state index contributed by atoms with van der Waals surface area (Å²) < 4.78 is 10.8. The van der Waals surface area contributed by atoms with Gasteiger partial charge < -0.3 is 14.6 Å². The van der Waals surface area contributed by atoms with Crippen LogP contribution in [0, 0.1) is 0 Å². The van der Waals surface area contributed by atoms with Crippen LogP contribution in [0.3, 0.4) is 0 Å². The summed E-state index contributed by atoms with van der Waals surface area (Å²) in [7, 11) is 0. The number of pyridine rings is 1. The zero-order valence-corrected chi connectivity index (χ0v) is 23.4. The number of anilines is 1. The van der Waals surface area contributed by atoms with Crippen LogP contribution in [0.4, 0.5) is 5.69 Å². The summed E-state index contributed by atoms with van der Waals surface area (Å²) in [4.78, 5) is 44.3. The zero-order chi connectivity index (χ0) is 29.0. The number of aliphatic hydroxyl groups excluding tert-OH is 1. The van der Waals surface area contributed by atoms with E-state index < -0.39 is 17.7 Å². The van der Waals surface area contributed by atoms with Crippen LogP contribution in [0.5, 0.6) is 5.75 Å². The number of aliphatic hydroxyl groups is 1. The third-order valence-corrected chi connectivity index (χ3v) is 6.70. The van der Waals surface area contributed by atoms with Gasteiger partial charge in [-0.3, -0.25) is 24.3 Å². The third-order valence-electron chi connectivity index (χ3n) is 6.70. The molecule has 2 heterocycles. The summed E-state index contributed by atoms with van der Waals surface area (Å²) in [6, 6.07) is 14.6. The lowest BCUT2D eigenvalue weighted by Gasteiger charge is -2.26. The number of benzene rings is 2. The number of ketones is 1. The summed E-state index contributed by atoms with van der Waals surface area (Å²) in [6.07, 6.45) is 3.24. The maximum absolute atomic E-state index is 13.5. The highest BCUT2D eigenvalue weighted by atomic mass is 16.5. The number of esters is 1. The first-order chi connectivity index (χ1) is 19.1. The fourth-order valence-electron chi connectivity index (χ4n) is 4.81. The molecule has 40 heavy (non-hydrogen) atoms. The van der Waals surface area contributed by atoms with Gasteiger partial charge >= 0.3 is 5.97 Å². The predicted molar refractivity (Wildman–Crippen MR) is 152 cm³/mol. The highest BCUT2D eigenvalue weighted by Crippen LogP contribution is 2.43. The van der Waals surface area contributed by atoms with Crippen molar-refractivity contribution >= 4 is 29.1 Å². The molecular formula is C32H34N2O6. The van der Waals surface area contributed by atoms with Crippen LogP contribution in [0.25, 0.3) is 5.76 Å². The van der Waals surface area contributed by atoms with Crippen LogP contribution in [-0.2, 0) is 31.0 Å². The number of ether oxygens (including phenoxy) is 2. The van der Waals surface area contributed by atoms with Crippen molar-refractivity contribution in [2.75, 3.05) is 18.1 Å². The zero-order valence-electron chi connectivity index (χ0n) is 23.4. The van der Waals surface area contributed by atoms with Gasteiger partial charge in [0, 0.05) is 29.2 Å². The lowest BCUT2D eigenvalue weighted by atomic mass is 9.84. The fourth-order valence-corrected chi connectivity index (χ4v) is 4.81. The molecule has 8 heteroatoms. The minimum absolute atomic E-state index is 0.0178. The maximum atomic E-state index is 13.5. The van der Waals surface area contributed by atoms with Crippen LogP contribution >= 0.6 is 0 Å². The number of rotatable bonds is 8. The van der Waals surface area contributed by atoms with Gasteiger partial charge in [0.1, 0.15) is 11.5 Å². The molecular weight excluding hydrogens is 508 g/mol. The first kappa shape index (κ1) is 28.5. The van der Waals surface area contributed by atoms with Crippen molar-refractivity contribution in [3.63, 3.8) is 0 Å². The van der Waals surface area contributed by atoms with Gasteiger partial charge in [0.15, 0.2) is 0 Å². The molecule has 1 amide bonds. The Balaban J connectivity index is 1.83. The van der Waals surface area contributed by atoms with E-state index in [9.17, 15) is 19.5 Å². The number of aromatic nitrogens is 1. The fraction of sp³-hybridized carbons (Fsp3) is 0.312. The van der Waals surface area contributed by atoms with Gasteiger partial charge in [-0.1, -0.05) is 32.9 Å². The van der Waals surface area contributed by atoms with E-state index in [0.717, 1.165) is 5.56 Å². The Morgan fingerprint density at radius 1 is 0.975 bits per heavy atom. The first-order valence-corrected chi connectivity index (χ1v) is 13.3. The summed E-state index contributed by atoms with van der Waals surface area (Å²) in [5.74, 6) is -1.47. The topological polar surface area (TPSA) is 106 Å². The van der Waals surface area contributed by atoms with Gasteiger partial charge in [-0.25, -0.2) is 0 Å². The molecule has 0 radical (unpaired) electrons. The van der Waals surface area contributed by atoms with E-state index in [-0.39, 0.29) is 29.1 Å². The van der Waals surface area contributed by atoms with Crippen LogP contribution in [0.2, 0.25) is 0 Å². The van der Waals surface area contributed by atoms with Crippen molar-refractivity contribution in [2.24, 2.45) is 0 Å². The number of hydrogen-bond acceptors (Lipinski definition) is 7. The Morgan fingerprint density at radius 3 is 2.25 bits per heavy atom. The lowest BCUT2D eigenvalue weighted by Crippen LogP contribution is -2.29. The number of carbonyl (C=O) groups excluding carboxylic acids is 3. The van der Waals surface area contributed by atoms with E-state index >= 15 is 0 Å². The van der Waals surface area contributed by atoms with Gasteiger partial charge in [-0.05, 0) is 72.9 Å². The van der Waals surface area contributed by atoms with Crippen LogP contribution in [0.15, 0.2) is 72.6 Å². The molecule has 1 saturated heterocycles. The number of Topliss-reactive ketones (excluding diaryl/α,β-unsaturated/α-hetero) is 1. The smallest absolute Gasteiger partial charge is 0.310 e. The third kappa shape index (κ3) is 5.76. The number of carbonyl (C=O) groups is 3. The molecule has 1 aliphatic heterocycles. The normalized spacial score (nSPS) is 16.7. The Hall–Kier alpha value is -4.46. The standard InChI is InChI=1S/C32H34N2O6/c1-6-39-25-13-10-22(19-24(25)32(3,4)5)29(36)27-28(21-14-16-33-17-15-21)34(31(38)30(27)37)23-11-8-20(9-12-23)18-26(35)40-7-2/h8-17,19,28,36H,6-7,18H2,1-5H3/b29-27-. The minimum Gasteiger partial charge on any atom is -0.507 e. The molecule has 1 unspecified atom stereocenters. The van der Waals surface area contributed by atoms with Gasteiger partial charge in [0.25, 0.3) is 11.7 Å². The molecule has 1 aliphatic rings. The highest BCUT2D eigenvalue weighted by molar-refractivity contribution is 6.51. The molecule has 0 spiro atoms. The summed E-state index contributed by atoms with van der Waals surface area (Å²) >= 11 is 0. The van der Waals surface area contributed by atoms with E-state index in [2.05, 4.69) is 4.98 Å². The number of amides is 1. The van der Waals surface area contributed by atoms with Crippen molar-refractivity contribution in [1.82, 2.24) is 4.98 Å². The second-order valence-corrected chi connectivity index (χ2v) is 10.5. The lowest BCUT2D eigenvalue weighted by molar-refractivity contribution is -0.142. The van der Waals surface area contributed by atoms with E-state index in [4.69, 9.17) is 9.47 Å². The van der Waals surface area contributed by atoms with Crippen molar-refractivity contribution in [2.45, 2.75) is 52.5 Å². The molecule has 0 saturated carbocycles. The second-order valence-electron chi connectivity index (χ2n) is 10.5. The maximum Gasteiger partial charge on any atom is 0.310 e. The van der Waals surface area contributed by atoms with E-state index in [0.29, 0.717) is 41.3 Å². The summed E-state index contributed by atoms with van der Waals surface area (Å²) in [5, 5.41) is 11.6. The van der Waals surface area contributed by atoms with Crippen LogP contribution in [-0.4, -0.2) is 41.0 Å². The van der Waals surface area contributed by atoms with Crippen LogP contribution in [0.1, 0.15) is 62.9 Å². The SMILES string of the molecule is CCOC(=O)Cc1ccc(N2C(=O)C(=O)/C(=C(\O)c3ccc(OCC)c(C(C)(C)C)c3)C2c2ccncc2)cc1. The monoisotopic (exact) mass is 542 g/mol. The average molecular weight is 543 g/mol. The molecule has 1 aromatic heterocycles.